The Balaban J connectivity index is 1.88. The van der Waals surface area contributed by atoms with Crippen molar-refractivity contribution in [1.29, 1.82) is 0 Å². The molecule has 0 spiro atoms. The summed E-state index contributed by atoms with van der Waals surface area (Å²) in [5.41, 5.74) is 8.77. The van der Waals surface area contributed by atoms with E-state index in [1.165, 1.54) is 5.56 Å². The van der Waals surface area contributed by atoms with Crippen molar-refractivity contribution in [3.05, 3.63) is 64.1 Å². The van der Waals surface area contributed by atoms with Gasteiger partial charge in [-0.15, -0.1) is 0 Å². The quantitative estimate of drug-likeness (QED) is 0.845. The van der Waals surface area contributed by atoms with Crippen LogP contribution in [0.15, 0.2) is 53.0 Å². The van der Waals surface area contributed by atoms with Crippen molar-refractivity contribution in [2.24, 2.45) is 5.73 Å². The lowest BCUT2D eigenvalue weighted by Crippen LogP contribution is -2.10. The van der Waals surface area contributed by atoms with Crippen molar-refractivity contribution < 1.29 is 4.74 Å². The molecule has 2 N–H and O–H groups in total. The summed E-state index contributed by atoms with van der Waals surface area (Å²) in [7, 11) is 1.67. The Morgan fingerprint density at radius 2 is 1.90 bits per heavy atom. The van der Waals surface area contributed by atoms with Crippen LogP contribution in [0.3, 0.4) is 0 Å². The summed E-state index contributed by atoms with van der Waals surface area (Å²) in [6.45, 7) is 0. The molecule has 20 heavy (non-hydrogen) atoms. The highest BCUT2D eigenvalue weighted by Crippen LogP contribution is 2.28. The number of aryl methyl sites for hydroxylation is 1. The number of ether oxygens (including phenoxy) is 1. The van der Waals surface area contributed by atoms with Crippen molar-refractivity contribution >= 4 is 15.9 Å². The molecule has 0 aliphatic heterocycles. The molecule has 0 saturated heterocycles. The number of rotatable bonds is 6. The predicted octanol–water partition coefficient (Wildman–Crippen LogP) is 4.48. The van der Waals surface area contributed by atoms with Gasteiger partial charge in [0, 0.05) is 6.04 Å². The summed E-state index contributed by atoms with van der Waals surface area (Å²) in [4.78, 5) is 0. The molecule has 0 amide bonds. The van der Waals surface area contributed by atoms with Crippen LogP contribution in [0.2, 0.25) is 0 Å². The van der Waals surface area contributed by atoms with Crippen molar-refractivity contribution in [3.63, 3.8) is 0 Å². The first-order valence-corrected chi connectivity index (χ1v) is 7.63. The molecule has 0 saturated carbocycles. The number of hydrogen-bond donors (Lipinski definition) is 1. The molecule has 0 aliphatic rings. The van der Waals surface area contributed by atoms with Gasteiger partial charge in [0.15, 0.2) is 0 Å². The number of nitrogens with two attached hydrogens (primary N) is 1. The van der Waals surface area contributed by atoms with Crippen molar-refractivity contribution in [2.75, 3.05) is 7.11 Å². The van der Waals surface area contributed by atoms with Crippen LogP contribution in [-0.2, 0) is 6.42 Å². The normalized spacial score (nSPS) is 12.2. The summed E-state index contributed by atoms with van der Waals surface area (Å²) in [6, 6.07) is 16.6. The standard InChI is InChI=1S/C17H20BrNO/c1-20-17-11-10-14(12-15(17)18)16(19)9-5-8-13-6-3-2-4-7-13/h2-4,6-7,10-12,16H,5,8-9,19H2,1H3. The smallest absolute Gasteiger partial charge is 0.133 e. The van der Waals surface area contributed by atoms with E-state index in [-0.39, 0.29) is 6.04 Å². The second kappa shape index (κ2) is 7.46. The van der Waals surface area contributed by atoms with Crippen LogP contribution in [0.5, 0.6) is 5.75 Å². The maximum atomic E-state index is 6.26. The molecule has 0 fully saturated rings. The van der Waals surface area contributed by atoms with Gasteiger partial charge in [0.05, 0.1) is 11.6 Å². The van der Waals surface area contributed by atoms with Crippen molar-refractivity contribution in [1.82, 2.24) is 0 Å². The summed E-state index contributed by atoms with van der Waals surface area (Å²) in [5, 5.41) is 0. The van der Waals surface area contributed by atoms with Crippen molar-refractivity contribution in [2.45, 2.75) is 25.3 Å². The Morgan fingerprint density at radius 3 is 2.55 bits per heavy atom. The third-order valence-electron chi connectivity index (χ3n) is 3.43. The van der Waals surface area contributed by atoms with Gasteiger partial charge in [-0.05, 0) is 58.5 Å². The molecule has 1 atom stereocenters. The van der Waals surface area contributed by atoms with Gasteiger partial charge >= 0.3 is 0 Å². The van der Waals surface area contributed by atoms with E-state index in [0.29, 0.717) is 0 Å². The van der Waals surface area contributed by atoms with Gasteiger partial charge in [0.25, 0.3) is 0 Å². The maximum absolute atomic E-state index is 6.26. The monoisotopic (exact) mass is 333 g/mol. The minimum atomic E-state index is 0.0703. The molecule has 2 aromatic rings. The van der Waals surface area contributed by atoms with Gasteiger partial charge in [0.2, 0.25) is 0 Å². The minimum absolute atomic E-state index is 0.0703. The first-order chi connectivity index (χ1) is 9.70. The average molecular weight is 334 g/mol. The second-order valence-corrected chi connectivity index (χ2v) is 5.73. The summed E-state index contributed by atoms with van der Waals surface area (Å²) < 4.78 is 6.19. The fourth-order valence-corrected chi connectivity index (χ4v) is 2.81. The lowest BCUT2D eigenvalue weighted by molar-refractivity contribution is 0.411. The molecule has 2 nitrogen and oxygen atoms in total. The average Bonchev–Trinajstić information content (AvgIpc) is 2.48. The Bertz CT molecular complexity index is 542. The minimum Gasteiger partial charge on any atom is -0.496 e. The molecule has 0 bridgehead atoms. The molecule has 0 heterocycles. The van der Waals surface area contributed by atoms with E-state index in [4.69, 9.17) is 10.5 Å². The Morgan fingerprint density at radius 1 is 1.15 bits per heavy atom. The Hall–Kier alpha value is -1.32. The van der Waals surface area contributed by atoms with E-state index in [2.05, 4.69) is 40.2 Å². The maximum Gasteiger partial charge on any atom is 0.133 e. The highest BCUT2D eigenvalue weighted by atomic mass is 79.9. The highest BCUT2D eigenvalue weighted by molar-refractivity contribution is 9.10. The first-order valence-electron chi connectivity index (χ1n) is 6.83. The molecule has 106 valence electrons. The molecular weight excluding hydrogens is 314 g/mol. The number of benzene rings is 2. The zero-order valence-corrected chi connectivity index (χ0v) is 13.3. The van der Waals surface area contributed by atoms with E-state index in [0.717, 1.165) is 35.0 Å². The van der Waals surface area contributed by atoms with Crippen LogP contribution in [-0.4, -0.2) is 7.11 Å². The topological polar surface area (TPSA) is 35.2 Å². The molecule has 0 aliphatic carbocycles. The lowest BCUT2D eigenvalue weighted by atomic mass is 10.00. The van der Waals surface area contributed by atoms with Gasteiger partial charge in [-0.3, -0.25) is 0 Å². The highest BCUT2D eigenvalue weighted by Gasteiger charge is 2.08. The fourth-order valence-electron chi connectivity index (χ4n) is 2.25. The third kappa shape index (κ3) is 4.09. The van der Waals surface area contributed by atoms with Crippen LogP contribution in [0.25, 0.3) is 0 Å². The molecular formula is C17H20BrNO. The SMILES string of the molecule is COc1ccc(C(N)CCCc2ccccc2)cc1Br. The summed E-state index contributed by atoms with van der Waals surface area (Å²) in [5.74, 6) is 0.838. The molecule has 2 aromatic carbocycles. The van der Waals surface area contributed by atoms with E-state index >= 15 is 0 Å². The molecule has 1 unspecified atom stereocenters. The molecule has 0 radical (unpaired) electrons. The molecule has 0 aromatic heterocycles. The third-order valence-corrected chi connectivity index (χ3v) is 4.05. The van der Waals surface area contributed by atoms with Crippen LogP contribution < -0.4 is 10.5 Å². The van der Waals surface area contributed by atoms with E-state index < -0.39 is 0 Å². The fraction of sp³-hybridized carbons (Fsp3) is 0.294. The van der Waals surface area contributed by atoms with Crippen LogP contribution >= 0.6 is 15.9 Å². The van der Waals surface area contributed by atoms with Gasteiger partial charge in [-0.1, -0.05) is 36.4 Å². The van der Waals surface area contributed by atoms with Crippen LogP contribution in [0.4, 0.5) is 0 Å². The first kappa shape index (κ1) is 15.1. The van der Waals surface area contributed by atoms with E-state index in [9.17, 15) is 0 Å². The zero-order chi connectivity index (χ0) is 14.4. The van der Waals surface area contributed by atoms with Gasteiger partial charge in [0.1, 0.15) is 5.75 Å². The summed E-state index contributed by atoms with van der Waals surface area (Å²) in [6.07, 6.45) is 3.15. The Kier molecular flexibility index (Phi) is 5.62. The second-order valence-electron chi connectivity index (χ2n) is 4.88. The number of hydrogen-bond acceptors (Lipinski definition) is 2. The van der Waals surface area contributed by atoms with Crippen molar-refractivity contribution in [3.8, 4) is 5.75 Å². The van der Waals surface area contributed by atoms with Crippen LogP contribution in [0, 0.1) is 0 Å². The summed E-state index contributed by atoms with van der Waals surface area (Å²) >= 11 is 3.50. The number of methoxy groups -OCH3 is 1. The molecule has 2 rings (SSSR count). The Labute approximate surface area is 129 Å². The van der Waals surface area contributed by atoms with Crippen LogP contribution in [0.1, 0.15) is 30.0 Å². The zero-order valence-electron chi connectivity index (χ0n) is 11.7. The van der Waals surface area contributed by atoms with E-state index in [1.807, 2.05) is 24.3 Å². The van der Waals surface area contributed by atoms with Gasteiger partial charge in [-0.25, -0.2) is 0 Å². The van der Waals surface area contributed by atoms with Gasteiger partial charge in [-0.2, -0.15) is 0 Å². The molecule has 3 heteroatoms. The number of halogens is 1. The van der Waals surface area contributed by atoms with E-state index in [1.54, 1.807) is 7.11 Å². The lowest BCUT2D eigenvalue weighted by Gasteiger charge is -2.13. The largest absolute Gasteiger partial charge is 0.496 e. The van der Waals surface area contributed by atoms with Gasteiger partial charge < -0.3 is 10.5 Å². The predicted molar refractivity (Wildman–Crippen MR) is 87.0 cm³/mol.